The van der Waals surface area contributed by atoms with Crippen LogP contribution < -0.4 is 20.6 Å². The van der Waals surface area contributed by atoms with Crippen molar-refractivity contribution in [1.29, 1.82) is 0 Å². The highest BCUT2D eigenvalue weighted by molar-refractivity contribution is 7.26. The molecule has 0 bridgehead atoms. The normalized spacial score (nSPS) is 19.8. The molecule has 8 aromatic carbocycles. The molecule has 376 valence electrons. The molecule has 0 fully saturated rings. The van der Waals surface area contributed by atoms with E-state index in [0.717, 1.165) is 0 Å². The molecule has 0 amide bonds. The summed E-state index contributed by atoms with van der Waals surface area (Å²) in [5.74, 6) is 0. The van der Waals surface area contributed by atoms with E-state index >= 15 is 0 Å². The largest absolute Gasteiger partial charge is 0.376 e. The van der Waals surface area contributed by atoms with Crippen molar-refractivity contribution in [3.05, 3.63) is 172 Å². The van der Waals surface area contributed by atoms with Crippen LogP contribution in [-0.2, 0) is 32.5 Å². The van der Waals surface area contributed by atoms with E-state index in [0.29, 0.717) is 0 Å². The Balaban J connectivity index is 1.14. The van der Waals surface area contributed by atoms with Crippen LogP contribution in [0.25, 0.3) is 53.2 Å². The second-order valence-corrected chi connectivity index (χ2v) is 28.8. The molecule has 9 aromatic rings. The molecule has 0 N–H and O–H groups in total. The number of anilines is 5. The third-order valence-corrected chi connectivity index (χ3v) is 21.3. The molecule has 0 radical (unpaired) electrons. The van der Waals surface area contributed by atoms with Gasteiger partial charge in [-0.25, -0.2) is 0 Å². The van der Waals surface area contributed by atoms with Gasteiger partial charge in [0.25, 0.3) is 0 Å². The number of nitrogens with zero attached hydrogens (tertiary/aromatic N) is 2. The van der Waals surface area contributed by atoms with E-state index < -0.39 is 0 Å². The van der Waals surface area contributed by atoms with Crippen LogP contribution in [0.3, 0.4) is 0 Å². The molecule has 0 saturated heterocycles. The van der Waals surface area contributed by atoms with Crippen molar-refractivity contribution in [2.75, 3.05) is 9.71 Å². The Morgan fingerprint density at radius 3 is 1.68 bits per heavy atom. The van der Waals surface area contributed by atoms with E-state index in [2.05, 4.69) is 233 Å². The summed E-state index contributed by atoms with van der Waals surface area (Å²) in [6.45, 7) is 32.0. The first-order chi connectivity index (χ1) is 35.5. The van der Waals surface area contributed by atoms with Crippen LogP contribution in [-0.4, -0.2) is 6.85 Å². The molecule has 5 aliphatic rings. The number of hydrogen-bond acceptors (Lipinski definition) is 3. The predicted molar refractivity (Wildman–Crippen MR) is 327 cm³/mol. The van der Waals surface area contributed by atoms with E-state index in [-0.39, 0.29) is 39.3 Å². The summed E-state index contributed by atoms with van der Waals surface area (Å²) in [5.41, 5.74) is 25.3. The zero-order valence-electron chi connectivity index (χ0n) is 46.8. The van der Waals surface area contributed by atoms with Crippen LogP contribution in [0.15, 0.2) is 133 Å². The van der Waals surface area contributed by atoms with Gasteiger partial charge in [0.05, 0.1) is 0 Å². The molecule has 0 unspecified atom stereocenters. The summed E-state index contributed by atoms with van der Waals surface area (Å²) in [6, 6.07) is 53.5. The Bertz CT molecular complexity index is 3940. The molecule has 1 aromatic heterocycles. The number of benzene rings is 8. The standard InChI is InChI=1S/C71H73BN2S/c1-42-35-51-54(70(10,11)33-31-67(51,4)5)40-58(42)73-59-36-44(43-19-15-14-16-20-43)23-27-56(59)72-64-60(73)37-45-21-17-18-22-47(45)62(64)63-57(74(72)46-24-26-50-52(38-46)68(6,7)30-29-66(50,2)3)28-25-48-49-39-53-55(41-61(49)75-65(48)63)71(12,13)34-32-69(53,8)9/h14-28,35-41H,29-34H2,1-13H3. The average Bonchev–Trinajstić information content (AvgIpc) is 3.76. The maximum absolute atomic E-state index is 2.80. The van der Waals surface area contributed by atoms with Crippen molar-refractivity contribution in [2.24, 2.45) is 0 Å². The second kappa shape index (κ2) is 15.5. The highest BCUT2D eigenvalue weighted by Gasteiger charge is 2.49. The van der Waals surface area contributed by atoms with Gasteiger partial charge in [-0.1, -0.05) is 168 Å². The van der Waals surface area contributed by atoms with Crippen LogP contribution in [0.1, 0.15) is 161 Å². The number of fused-ring (bicyclic) bond motifs is 13. The van der Waals surface area contributed by atoms with Crippen LogP contribution in [0.4, 0.5) is 28.4 Å². The van der Waals surface area contributed by atoms with Crippen molar-refractivity contribution < 1.29 is 0 Å². The minimum Gasteiger partial charge on any atom is -0.376 e. The van der Waals surface area contributed by atoms with Gasteiger partial charge < -0.3 is 9.71 Å². The fraction of sp³-hybridized carbons (Fsp3) is 0.352. The van der Waals surface area contributed by atoms with Crippen molar-refractivity contribution in [2.45, 2.75) is 161 Å². The smallest absolute Gasteiger partial charge is 0.333 e. The first-order valence-electron chi connectivity index (χ1n) is 28.2. The summed E-state index contributed by atoms with van der Waals surface area (Å²) < 4.78 is 2.80. The first-order valence-corrected chi connectivity index (χ1v) is 29.1. The van der Waals surface area contributed by atoms with Gasteiger partial charge in [0.2, 0.25) is 0 Å². The molecule has 0 saturated carbocycles. The van der Waals surface area contributed by atoms with E-state index in [1.165, 1.54) is 170 Å². The zero-order chi connectivity index (χ0) is 52.1. The Labute approximate surface area is 451 Å². The molecule has 14 rings (SSSR count). The van der Waals surface area contributed by atoms with Crippen LogP contribution >= 0.6 is 11.3 Å². The van der Waals surface area contributed by atoms with Crippen molar-refractivity contribution in [1.82, 2.24) is 0 Å². The van der Waals surface area contributed by atoms with Crippen molar-refractivity contribution >= 4 is 88.5 Å². The predicted octanol–water partition coefficient (Wildman–Crippen LogP) is 18.9. The summed E-state index contributed by atoms with van der Waals surface area (Å²) >= 11 is 2.03. The molecule has 0 spiro atoms. The molecular weight excluding hydrogens is 924 g/mol. The van der Waals surface area contributed by atoms with Crippen LogP contribution in [0.2, 0.25) is 0 Å². The maximum Gasteiger partial charge on any atom is 0.333 e. The summed E-state index contributed by atoms with van der Waals surface area (Å²) in [7, 11) is 0. The first kappa shape index (κ1) is 47.4. The molecule has 2 aliphatic heterocycles. The van der Waals surface area contributed by atoms with Crippen molar-refractivity contribution in [3.63, 3.8) is 0 Å². The summed E-state index contributed by atoms with van der Waals surface area (Å²) in [6.07, 6.45) is 7.13. The third kappa shape index (κ3) is 6.76. The van der Waals surface area contributed by atoms with Gasteiger partial charge in [0.15, 0.2) is 0 Å². The quantitative estimate of drug-likeness (QED) is 0.163. The lowest BCUT2D eigenvalue weighted by molar-refractivity contribution is 0.332. The topological polar surface area (TPSA) is 6.48 Å². The fourth-order valence-electron chi connectivity index (χ4n) is 15.1. The SMILES string of the molecule is Cc1cc2c(cc1N1c3cc(-c4ccccc4)ccc3B3c4c1cc1ccccc1c4-c1c(ccc4c1sc1cc5c(cc14)C(C)(C)CCC5(C)C)N3c1ccc3c(c1)C(C)(C)CCC3(C)C)C(C)(C)CCC2(C)C. The Hall–Kier alpha value is -6.10. The fourth-order valence-corrected chi connectivity index (χ4v) is 16.4. The van der Waals surface area contributed by atoms with Gasteiger partial charge >= 0.3 is 6.85 Å². The van der Waals surface area contributed by atoms with Gasteiger partial charge in [-0.3, -0.25) is 0 Å². The highest BCUT2D eigenvalue weighted by Crippen LogP contribution is 2.58. The van der Waals surface area contributed by atoms with E-state index in [4.69, 9.17) is 0 Å². The van der Waals surface area contributed by atoms with Crippen LogP contribution in [0.5, 0.6) is 0 Å². The third-order valence-electron chi connectivity index (χ3n) is 20.1. The van der Waals surface area contributed by atoms with E-state index in [1.807, 2.05) is 11.3 Å². The van der Waals surface area contributed by atoms with Gasteiger partial charge in [0.1, 0.15) is 0 Å². The lowest BCUT2D eigenvalue weighted by Crippen LogP contribution is -2.61. The van der Waals surface area contributed by atoms with E-state index in [1.54, 1.807) is 0 Å². The molecule has 0 atom stereocenters. The number of hydrogen-bond donors (Lipinski definition) is 0. The summed E-state index contributed by atoms with van der Waals surface area (Å²) in [5, 5.41) is 5.39. The van der Waals surface area contributed by atoms with Gasteiger partial charge in [0, 0.05) is 54.2 Å². The monoisotopic (exact) mass is 997 g/mol. The highest BCUT2D eigenvalue weighted by atomic mass is 32.1. The minimum atomic E-state index is -0.102. The molecule has 3 aliphatic carbocycles. The Morgan fingerprint density at radius 1 is 0.413 bits per heavy atom. The molecule has 3 heterocycles. The lowest BCUT2D eigenvalue weighted by Gasteiger charge is -2.48. The van der Waals surface area contributed by atoms with Gasteiger partial charge in [-0.15, -0.1) is 11.3 Å². The van der Waals surface area contributed by atoms with Gasteiger partial charge in [-0.05, 0) is 204 Å². The molecule has 4 heteroatoms. The average molecular weight is 997 g/mol. The summed E-state index contributed by atoms with van der Waals surface area (Å²) in [4.78, 5) is 5.53. The number of thiophene rings is 1. The number of aryl methyl sites for hydroxylation is 1. The second-order valence-electron chi connectivity index (χ2n) is 27.7. The van der Waals surface area contributed by atoms with E-state index in [9.17, 15) is 0 Å². The number of rotatable bonds is 3. The molecule has 75 heavy (non-hydrogen) atoms. The lowest BCUT2D eigenvalue weighted by atomic mass is 9.43. The zero-order valence-corrected chi connectivity index (χ0v) is 47.6. The Kier molecular flexibility index (Phi) is 9.81. The maximum atomic E-state index is 2.80. The molecular formula is C71H73BN2S. The minimum absolute atomic E-state index is 0.0457. The van der Waals surface area contributed by atoms with Gasteiger partial charge in [-0.2, -0.15) is 0 Å². The van der Waals surface area contributed by atoms with Crippen LogP contribution in [0, 0.1) is 6.92 Å². The molecule has 2 nitrogen and oxygen atoms in total. The Morgan fingerprint density at radius 2 is 1.00 bits per heavy atom. The van der Waals surface area contributed by atoms with Crippen molar-refractivity contribution in [3.8, 4) is 22.3 Å².